The van der Waals surface area contributed by atoms with Gasteiger partial charge in [-0.2, -0.15) is 4.39 Å². The minimum atomic E-state index is -0.700. The van der Waals surface area contributed by atoms with Crippen molar-refractivity contribution < 1.29 is 23.8 Å². The van der Waals surface area contributed by atoms with Crippen LogP contribution in [0, 0.1) is 5.82 Å². The summed E-state index contributed by atoms with van der Waals surface area (Å²) in [4.78, 5) is 13.8. The lowest BCUT2D eigenvalue weighted by molar-refractivity contribution is 0.0152. The minimum absolute atomic E-state index is 0.149. The number of carbonyl (C=O) groups is 1. The van der Waals surface area contributed by atoms with Gasteiger partial charge < -0.3 is 19.5 Å². The van der Waals surface area contributed by atoms with Crippen LogP contribution in [0.2, 0.25) is 0 Å². The van der Waals surface area contributed by atoms with Crippen molar-refractivity contribution >= 4 is 6.09 Å². The molecule has 0 aromatic heterocycles. The number of phenols is 1. The largest absolute Gasteiger partial charge is 0.505 e. The van der Waals surface area contributed by atoms with Gasteiger partial charge in [0.1, 0.15) is 5.60 Å². The normalized spacial score (nSPS) is 19.4. The lowest BCUT2D eigenvalue weighted by atomic mass is 9.74. The highest BCUT2D eigenvalue weighted by Crippen LogP contribution is 2.48. The van der Waals surface area contributed by atoms with Gasteiger partial charge >= 0.3 is 6.09 Å². The van der Waals surface area contributed by atoms with E-state index in [0.29, 0.717) is 32.5 Å². The Morgan fingerprint density at radius 1 is 1.35 bits per heavy atom. The Hall–Kier alpha value is -1.98. The zero-order valence-electron chi connectivity index (χ0n) is 13.7. The van der Waals surface area contributed by atoms with E-state index in [4.69, 9.17) is 9.47 Å². The highest BCUT2D eigenvalue weighted by molar-refractivity contribution is 5.68. The molecule has 3 rings (SSSR count). The van der Waals surface area contributed by atoms with Crippen molar-refractivity contribution in [1.82, 2.24) is 4.90 Å². The molecule has 23 heavy (non-hydrogen) atoms. The van der Waals surface area contributed by atoms with Crippen LogP contribution in [0.1, 0.15) is 39.2 Å². The number of amides is 1. The summed E-state index contributed by atoms with van der Waals surface area (Å²) in [6.45, 7) is 6.98. The van der Waals surface area contributed by atoms with E-state index in [1.165, 1.54) is 6.07 Å². The second-order valence-electron chi connectivity index (χ2n) is 7.31. The van der Waals surface area contributed by atoms with Crippen molar-refractivity contribution in [3.8, 4) is 11.5 Å². The molecule has 2 aliphatic rings. The number of aromatic hydroxyl groups is 1. The second kappa shape index (κ2) is 5.28. The number of carbonyl (C=O) groups excluding carboxylic acids is 1. The van der Waals surface area contributed by atoms with E-state index in [2.05, 4.69) is 0 Å². The summed E-state index contributed by atoms with van der Waals surface area (Å²) < 4.78 is 24.9. The van der Waals surface area contributed by atoms with E-state index in [-0.39, 0.29) is 17.3 Å². The Morgan fingerprint density at radius 3 is 2.61 bits per heavy atom. The number of nitrogens with zero attached hydrogens (tertiary/aromatic N) is 1. The number of halogens is 1. The molecule has 0 unspecified atom stereocenters. The van der Waals surface area contributed by atoms with Crippen LogP contribution >= 0.6 is 0 Å². The molecule has 1 spiro atoms. The number of fused-ring (bicyclic) bond motifs is 2. The Labute approximate surface area is 135 Å². The van der Waals surface area contributed by atoms with Gasteiger partial charge in [-0.3, -0.25) is 0 Å². The van der Waals surface area contributed by atoms with Crippen LogP contribution in [0.4, 0.5) is 9.18 Å². The molecule has 6 heteroatoms. The van der Waals surface area contributed by atoms with E-state index in [0.717, 1.165) is 5.56 Å². The van der Waals surface area contributed by atoms with Gasteiger partial charge in [-0.15, -0.1) is 0 Å². The summed E-state index contributed by atoms with van der Waals surface area (Å²) in [6.07, 6.45) is 1.05. The van der Waals surface area contributed by atoms with Crippen LogP contribution in [0.15, 0.2) is 12.1 Å². The molecular formula is C17H22FNO4. The average molecular weight is 323 g/mol. The van der Waals surface area contributed by atoms with Crippen LogP contribution in [-0.2, 0) is 10.2 Å². The van der Waals surface area contributed by atoms with Crippen LogP contribution in [0.25, 0.3) is 0 Å². The summed E-state index contributed by atoms with van der Waals surface area (Å²) in [5, 5.41) is 9.47. The van der Waals surface area contributed by atoms with Crippen molar-refractivity contribution in [3.05, 3.63) is 23.5 Å². The fourth-order valence-corrected chi connectivity index (χ4v) is 3.25. The van der Waals surface area contributed by atoms with Gasteiger partial charge in [-0.05, 0) is 39.7 Å². The number of hydrogen-bond acceptors (Lipinski definition) is 4. The third-order valence-electron chi connectivity index (χ3n) is 4.51. The second-order valence-corrected chi connectivity index (χ2v) is 7.31. The fraction of sp³-hybridized carbons (Fsp3) is 0.588. The highest BCUT2D eigenvalue weighted by Gasteiger charge is 2.45. The summed E-state index contributed by atoms with van der Waals surface area (Å²) >= 11 is 0. The molecule has 2 aliphatic heterocycles. The van der Waals surface area contributed by atoms with Crippen molar-refractivity contribution in [2.75, 3.05) is 19.7 Å². The Kier molecular flexibility index (Phi) is 3.65. The van der Waals surface area contributed by atoms with Gasteiger partial charge in [-0.25, -0.2) is 4.79 Å². The van der Waals surface area contributed by atoms with E-state index in [9.17, 15) is 14.3 Å². The number of piperidine rings is 1. The molecule has 0 radical (unpaired) electrons. The maximum atomic E-state index is 14.0. The summed E-state index contributed by atoms with van der Waals surface area (Å²) in [5.41, 5.74) is -0.0187. The van der Waals surface area contributed by atoms with Crippen LogP contribution < -0.4 is 4.74 Å². The molecule has 0 bridgehead atoms. The first-order valence-corrected chi connectivity index (χ1v) is 7.85. The van der Waals surface area contributed by atoms with Crippen molar-refractivity contribution in [1.29, 1.82) is 0 Å². The average Bonchev–Trinajstić information content (AvgIpc) is 2.81. The molecule has 0 atom stereocenters. The first-order chi connectivity index (χ1) is 10.7. The molecule has 1 saturated heterocycles. The highest BCUT2D eigenvalue weighted by atomic mass is 19.1. The molecule has 126 valence electrons. The van der Waals surface area contributed by atoms with E-state index < -0.39 is 17.2 Å². The number of hydrogen-bond donors (Lipinski definition) is 1. The molecule has 1 aromatic carbocycles. The fourth-order valence-electron chi connectivity index (χ4n) is 3.25. The maximum absolute atomic E-state index is 14.0. The maximum Gasteiger partial charge on any atom is 0.410 e. The van der Waals surface area contributed by atoms with Gasteiger partial charge in [0.15, 0.2) is 11.5 Å². The number of ether oxygens (including phenoxy) is 2. The van der Waals surface area contributed by atoms with E-state index in [1.54, 1.807) is 11.0 Å². The number of rotatable bonds is 0. The molecule has 2 heterocycles. The number of likely N-dealkylation sites (tertiary alicyclic amines) is 1. The van der Waals surface area contributed by atoms with E-state index in [1.807, 2.05) is 20.8 Å². The standard InChI is InChI=1S/C17H22FNO4/c1-16(2,3)23-15(21)19-8-6-17(7-9-19)10-22-14-11(17)4-5-12(20)13(14)18/h4-5,20H,6-10H2,1-3H3. The first kappa shape index (κ1) is 15.9. The van der Waals surface area contributed by atoms with Crippen LogP contribution in [-0.4, -0.2) is 41.4 Å². The molecule has 1 N–H and O–H groups in total. The Morgan fingerprint density at radius 2 is 2.00 bits per heavy atom. The van der Waals surface area contributed by atoms with Crippen LogP contribution in [0.3, 0.4) is 0 Å². The molecule has 1 fully saturated rings. The molecular weight excluding hydrogens is 301 g/mol. The molecule has 0 saturated carbocycles. The SMILES string of the molecule is CC(C)(C)OC(=O)N1CCC2(CC1)COc1c2ccc(O)c1F. The van der Waals surface area contributed by atoms with Gasteiger partial charge in [0, 0.05) is 24.1 Å². The first-order valence-electron chi connectivity index (χ1n) is 7.85. The monoisotopic (exact) mass is 323 g/mol. The van der Waals surface area contributed by atoms with E-state index >= 15 is 0 Å². The lowest BCUT2D eigenvalue weighted by Gasteiger charge is -2.38. The minimum Gasteiger partial charge on any atom is -0.505 e. The summed E-state index contributed by atoms with van der Waals surface area (Å²) in [5.74, 6) is -0.948. The zero-order valence-corrected chi connectivity index (χ0v) is 13.7. The summed E-state index contributed by atoms with van der Waals surface area (Å²) in [6, 6.07) is 3.09. The number of phenolic OH excluding ortho intramolecular Hbond substituents is 1. The number of benzene rings is 1. The Bertz CT molecular complexity index is 630. The predicted octanol–water partition coefficient (Wildman–Crippen LogP) is 3.19. The summed E-state index contributed by atoms with van der Waals surface area (Å²) in [7, 11) is 0. The molecule has 1 amide bonds. The van der Waals surface area contributed by atoms with Crippen molar-refractivity contribution in [3.63, 3.8) is 0 Å². The zero-order chi connectivity index (χ0) is 16.8. The Balaban J connectivity index is 1.74. The smallest absolute Gasteiger partial charge is 0.410 e. The third kappa shape index (κ3) is 2.82. The molecule has 0 aliphatic carbocycles. The van der Waals surface area contributed by atoms with Gasteiger partial charge in [-0.1, -0.05) is 6.07 Å². The van der Waals surface area contributed by atoms with Gasteiger partial charge in [0.2, 0.25) is 5.82 Å². The lowest BCUT2D eigenvalue weighted by Crippen LogP contribution is -2.47. The topological polar surface area (TPSA) is 59.0 Å². The third-order valence-corrected chi connectivity index (χ3v) is 4.51. The van der Waals surface area contributed by atoms with Crippen molar-refractivity contribution in [2.45, 2.75) is 44.6 Å². The van der Waals surface area contributed by atoms with Gasteiger partial charge in [0.25, 0.3) is 0 Å². The quantitative estimate of drug-likeness (QED) is 0.796. The molecule has 5 nitrogen and oxygen atoms in total. The van der Waals surface area contributed by atoms with Crippen molar-refractivity contribution in [2.24, 2.45) is 0 Å². The predicted molar refractivity (Wildman–Crippen MR) is 82.3 cm³/mol. The van der Waals surface area contributed by atoms with Crippen LogP contribution in [0.5, 0.6) is 11.5 Å². The molecule has 1 aromatic rings. The van der Waals surface area contributed by atoms with Gasteiger partial charge in [0.05, 0.1) is 6.61 Å².